The largest absolute Gasteiger partial charge is 0.494 e. The number of hydrogen-bond donors (Lipinski definition) is 0. The van der Waals surface area contributed by atoms with Crippen LogP contribution >= 0.6 is 0 Å². The molecule has 0 atom stereocenters. The Labute approximate surface area is 147 Å². The third-order valence-electron chi connectivity index (χ3n) is 4.67. The molecule has 1 fully saturated rings. The van der Waals surface area contributed by atoms with Crippen molar-refractivity contribution in [2.45, 2.75) is 26.7 Å². The number of methoxy groups -OCH3 is 1. The van der Waals surface area contributed by atoms with Gasteiger partial charge in [0.2, 0.25) is 0 Å². The molecule has 1 aliphatic rings. The first kappa shape index (κ1) is 17.2. The van der Waals surface area contributed by atoms with E-state index in [-0.39, 0.29) is 22.9 Å². The van der Waals surface area contributed by atoms with Gasteiger partial charge in [0, 0.05) is 13.1 Å². The predicted molar refractivity (Wildman–Crippen MR) is 95.4 cm³/mol. The lowest BCUT2D eigenvalue weighted by Gasteiger charge is -2.30. The Hall–Kier alpha value is -2.63. The van der Waals surface area contributed by atoms with E-state index in [4.69, 9.17) is 4.74 Å². The van der Waals surface area contributed by atoms with Gasteiger partial charge in [-0.1, -0.05) is 24.6 Å². The molecule has 0 bridgehead atoms. The molecule has 1 aliphatic heterocycles. The van der Waals surface area contributed by atoms with E-state index >= 15 is 0 Å². The van der Waals surface area contributed by atoms with Crippen LogP contribution in [0.25, 0.3) is 5.69 Å². The molecule has 0 radical (unpaired) electrons. The number of nitrogens with zero attached hydrogens (tertiary/aromatic N) is 3. The van der Waals surface area contributed by atoms with E-state index in [2.05, 4.69) is 12.0 Å². The molecule has 1 aromatic heterocycles. The molecule has 3 rings (SSSR count). The number of amides is 1. The summed E-state index contributed by atoms with van der Waals surface area (Å²) in [4.78, 5) is 27.1. The molecule has 25 heavy (non-hydrogen) atoms. The highest BCUT2D eigenvalue weighted by Crippen LogP contribution is 2.21. The minimum absolute atomic E-state index is 0.178. The summed E-state index contributed by atoms with van der Waals surface area (Å²) >= 11 is 0. The van der Waals surface area contributed by atoms with Gasteiger partial charge >= 0.3 is 0 Å². The van der Waals surface area contributed by atoms with Crippen molar-refractivity contribution < 1.29 is 9.53 Å². The maximum atomic E-state index is 12.9. The Morgan fingerprint density at radius 2 is 1.84 bits per heavy atom. The fourth-order valence-electron chi connectivity index (χ4n) is 2.98. The lowest BCUT2D eigenvalue weighted by molar-refractivity contribution is 0.0685. The van der Waals surface area contributed by atoms with E-state index in [0.29, 0.717) is 24.7 Å². The van der Waals surface area contributed by atoms with Gasteiger partial charge in [-0.25, -0.2) is 0 Å². The average molecular weight is 341 g/mol. The Morgan fingerprint density at radius 3 is 2.44 bits per heavy atom. The topological polar surface area (TPSA) is 64.4 Å². The van der Waals surface area contributed by atoms with Gasteiger partial charge in [-0.15, -0.1) is 0 Å². The van der Waals surface area contributed by atoms with Gasteiger partial charge < -0.3 is 9.64 Å². The first-order chi connectivity index (χ1) is 12.0. The van der Waals surface area contributed by atoms with Gasteiger partial charge in [-0.2, -0.15) is 9.78 Å². The van der Waals surface area contributed by atoms with Crippen molar-refractivity contribution in [1.82, 2.24) is 14.7 Å². The number of hydrogen-bond acceptors (Lipinski definition) is 4. The first-order valence-electron chi connectivity index (χ1n) is 8.54. The molecule has 6 nitrogen and oxygen atoms in total. The van der Waals surface area contributed by atoms with E-state index < -0.39 is 0 Å². The highest BCUT2D eigenvalue weighted by molar-refractivity contribution is 5.94. The zero-order valence-corrected chi connectivity index (χ0v) is 14.9. The summed E-state index contributed by atoms with van der Waals surface area (Å²) in [6.45, 7) is 5.57. The minimum Gasteiger partial charge on any atom is -0.494 e. The molecule has 1 aromatic carbocycles. The van der Waals surface area contributed by atoms with Crippen LogP contribution in [0.15, 0.2) is 35.1 Å². The van der Waals surface area contributed by atoms with E-state index in [1.54, 1.807) is 4.90 Å². The second kappa shape index (κ2) is 7.09. The monoisotopic (exact) mass is 341 g/mol. The quantitative estimate of drug-likeness (QED) is 0.860. The van der Waals surface area contributed by atoms with E-state index in [0.717, 1.165) is 18.4 Å². The van der Waals surface area contributed by atoms with Crippen LogP contribution in [0, 0.1) is 12.8 Å². The van der Waals surface area contributed by atoms with Gasteiger partial charge in [0.1, 0.15) is 0 Å². The molecular formula is C19H23N3O3. The van der Waals surface area contributed by atoms with Crippen LogP contribution in [0.5, 0.6) is 5.75 Å². The van der Waals surface area contributed by atoms with Crippen molar-refractivity contribution in [3.05, 3.63) is 51.9 Å². The SMILES string of the molecule is COc1cc(=O)n(-c2ccc(C)cc2)nc1C(=O)N1CCC(C)CC1. The van der Waals surface area contributed by atoms with E-state index in [1.807, 2.05) is 31.2 Å². The molecule has 0 saturated carbocycles. The summed E-state index contributed by atoms with van der Waals surface area (Å²) in [5.41, 5.74) is 1.56. The second-order valence-electron chi connectivity index (χ2n) is 6.62. The number of likely N-dealkylation sites (tertiary alicyclic amines) is 1. The summed E-state index contributed by atoms with van der Waals surface area (Å²) in [5, 5.41) is 4.33. The van der Waals surface area contributed by atoms with Gasteiger partial charge in [0.25, 0.3) is 11.5 Å². The summed E-state index contributed by atoms with van der Waals surface area (Å²) in [7, 11) is 1.45. The number of rotatable bonds is 3. The molecule has 2 aromatic rings. The van der Waals surface area contributed by atoms with Gasteiger partial charge in [0.15, 0.2) is 11.4 Å². The van der Waals surface area contributed by atoms with Crippen molar-refractivity contribution in [2.24, 2.45) is 5.92 Å². The molecule has 2 heterocycles. The fourth-order valence-corrected chi connectivity index (χ4v) is 2.98. The van der Waals surface area contributed by atoms with Gasteiger partial charge in [-0.05, 0) is 37.8 Å². The van der Waals surface area contributed by atoms with Crippen molar-refractivity contribution in [1.29, 1.82) is 0 Å². The van der Waals surface area contributed by atoms with Crippen molar-refractivity contribution in [3.63, 3.8) is 0 Å². The third kappa shape index (κ3) is 3.57. The lowest BCUT2D eigenvalue weighted by atomic mass is 9.99. The predicted octanol–water partition coefficient (Wildman–Crippen LogP) is 2.42. The number of aryl methyl sites for hydroxylation is 1. The first-order valence-corrected chi connectivity index (χ1v) is 8.54. The highest BCUT2D eigenvalue weighted by atomic mass is 16.5. The van der Waals surface area contributed by atoms with Crippen molar-refractivity contribution >= 4 is 5.91 Å². The number of ether oxygens (including phenoxy) is 1. The van der Waals surface area contributed by atoms with E-state index in [1.165, 1.54) is 17.9 Å². The molecule has 1 saturated heterocycles. The maximum absolute atomic E-state index is 12.9. The molecule has 1 amide bonds. The molecule has 0 spiro atoms. The number of carbonyl (C=O) groups excluding carboxylic acids is 1. The third-order valence-corrected chi connectivity index (χ3v) is 4.67. The van der Waals surface area contributed by atoms with Crippen LogP contribution in [0.2, 0.25) is 0 Å². The normalized spacial score (nSPS) is 15.2. The van der Waals surface area contributed by atoms with Crippen LogP contribution in [0.4, 0.5) is 0 Å². The Balaban J connectivity index is 2.00. The molecular weight excluding hydrogens is 318 g/mol. The average Bonchev–Trinajstić information content (AvgIpc) is 2.62. The highest BCUT2D eigenvalue weighted by Gasteiger charge is 2.26. The molecule has 6 heteroatoms. The van der Waals surface area contributed by atoms with Crippen LogP contribution < -0.4 is 10.3 Å². The summed E-state index contributed by atoms with van der Waals surface area (Å²) in [5.74, 6) is 0.655. The van der Waals surface area contributed by atoms with Crippen LogP contribution in [-0.2, 0) is 0 Å². The van der Waals surface area contributed by atoms with Crippen molar-refractivity contribution in [3.8, 4) is 11.4 Å². The summed E-state index contributed by atoms with van der Waals surface area (Å²) in [6, 6.07) is 8.76. The number of aromatic nitrogens is 2. The number of piperidine rings is 1. The Kier molecular flexibility index (Phi) is 4.88. The molecule has 0 N–H and O–H groups in total. The molecule has 0 unspecified atom stereocenters. The minimum atomic E-state index is -0.329. The maximum Gasteiger partial charge on any atom is 0.278 e. The summed E-state index contributed by atoms with van der Waals surface area (Å²) < 4.78 is 6.50. The van der Waals surface area contributed by atoms with Crippen LogP contribution in [-0.4, -0.2) is 40.8 Å². The second-order valence-corrected chi connectivity index (χ2v) is 6.62. The fraction of sp³-hybridized carbons (Fsp3) is 0.421. The summed E-state index contributed by atoms with van der Waals surface area (Å²) in [6.07, 6.45) is 1.96. The van der Waals surface area contributed by atoms with Crippen LogP contribution in [0.1, 0.15) is 35.8 Å². The van der Waals surface area contributed by atoms with E-state index in [9.17, 15) is 9.59 Å². The number of benzene rings is 1. The lowest BCUT2D eigenvalue weighted by Crippen LogP contribution is -2.39. The number of carbonyl (C=O) groups is 1. The Morgan fingerprint density at radius 1 is 1.20 bits per heavy atom. The van der Waals surface area contributed by atoms with Crippen molar-refractivity contribution in [2.75, 3.05) is 20.2 Å². The molecule has 0 aliphatic carbocycles. The zero-order valence-electron chi connectivity index (χ0n) is 14.9. The Bertz CT molecular complexity index is 819. The smallest absolute Gasteiger partial charge is 0.278 e. The molecule has 132 valence electrons. The van der Waals surface area contributed by atoms with Crippen LogP contribution in [0.3, 0.4) is 0 Å². The van der Waals surface area contributed by atoms with Gasteiger partial charge in [-0.3, -0.25) is 9.59 Å². The van der Waals surface area contributed by atoms with Gasteiger partial charge in [0.05, 0.1) is 18.9 Å². The standard InChI is InChI=1S/C19H23N3O3/c1-13-4-6-15(7-5-13)22-17(23)12-16(25-3)18(20-22)19(24)21-10-8-14(2)9-11-21/h4-7,12,14H,8-11H2,1-3H3. The zero-order chi connectivity index (χ0) is 18.0.